The summed E-state index contributed by atoms with van der Waals surface area (Å²) in [4.78, 5) is 14.1. The summed E-state index contributed by atoms with van der Waals surface area (Å²) in [6.45, 7) is 11.2. The maximum atomic E-state index is 11.8. The Morgan fingerprint density at radius 3 is 2.77 bits per heavy atom. The zero-order valence-electron chi connectivity index (χ0n) is 18.9. The molecule has 1 aromatic carbocycles. The van der Waals surface area contributed by atoms with Crippen LogP contribution in [0.25, 0.3) is 0 Å². The monoisotopic (exact) mass is 411 g/mol. The van der Waals surface area contributed by atoms with E-state index in [0.717, 1.165) is 44.5 Å². The van der Waals surface area contributed by atoms with Crippen LogP contribution in [-0.4, -0.2) is 40.8 Å². The van der Waals surface area contributed by atoms with Gasteiger partial charge in [-0.2, -0.15) is 0 Å². The fraction of sp³-hybridized carbons (Fsp3) is 0.654. The maximum absolute atomic E-state index is 11.8. The van der Waals surface area contributed by atoms with E-state index in [1.807, 2.05) is 0 Å². The molecule has 6 atom stereocenters. The molecule has 30 heavy (non-hydrogen) atoms. The third-order valence-electron chi connectivity index (χ3n) is 8.08. The molecule has 164 valence electrons. The largest absolute Gasteiger partial charge is 0.458 e. The molecule has 1 aromatic rings. The fourth-order valence-electron chi connectivity index (χ4n) is 6.25. The van der Waals surface area contributed by atoms with Crippen LogP contribution in [0.2, 0.25) is 0 Å². The van der Waals surface area contributed by atoms with Gasteiger partial charge >= 0.3 is 5.97 Å². The molecule has 0 aromatic heterocycles. The van der Waals surface area contributed by atoms with Crippen LogP contribution >= 0.6 is 0 Å². The Morgan fingerprint density at radius 1 is 1.30 bits per heavy atom. The van der Waals surface area contributed by atoms with E-state index in [2.05, 4.69) is 56.0 Å². The highest BCUT2D eigenvalue weighted by atomic mass is 16.5. The van der Waals surface area contributed by atoms with E-state index in [1.54, 1.807) is 0 Å². The lowest BCUT2D eigenvalue weighted by Crippen LogP contribution is -2.56. The zero-order valence-corrected chi connectivity index (χ0v) is 18.9. The molecule has 4 rings (SSSR count). The Morgan fingerprint density at radius 2 is 2.03 bits per heavy atom. The first-order valence-corrected chi connectivity index (χ1v) is 11.6. The molecule has 0 bridgehead atoms. The average molecular weight is 412 g/mol. The van der Waals surface area contributed by atoms with Gasteiger partial charge in [0.05, 0.1) is 5.60 Å². The highest BCUT2D eigenvalue weighted by Gasteiger charge is 2.52. The van der Waals surface area contributed by atoms with Crippen molar-refractivity contribution in [3.05, 3.63) is 47.0 Å². The number of fused-ring (bicyclic) bond motifs is 2. The van der Waals surface area contributed by atoms with E-state index in [1.165, 1.54) is 18.1 Å². The van der Waals surface area contributed by atoms with Crippen LogP contribution in [-0.2, 0) is 22.5 Å². The first-order chi connectivity index (χ1) is 14.3. The molecule has 0 radical (unpaired) electrons. The number of aliphatic hydroxyl groups is 1. The minimum atomic E-state index is -0.786. The van der Waals surface area contributed by atoms with E-state index >= 15 is 0 Å². The van der Waals surface area contributed by atoms with Crippen LogP contribution in [0.4, 0.5) is 0 Å². The van der Waals surface area contributed by atoms with E-state index in [9.17, 15) is 9.90 Å². The van der Waals surface area contributed by atoms with Gasteiger partial charge in [0.2, 0.25) is 0 Å². The van der Waals surface area contributed by atoms with Crippen molar-refractivity contribution in [1.29, 1.82) is 0 Å². The zero-order chi connectivity index (χ0) is 21.5. The number of hydrogen-bond donors (Lipinski definition) is 1. The topological polar surface area (TPSA) is 49.8 Å². The summed E-state index contributed by atoms with van der Waals surface area (Å²) < 4.78 is 5.54. The van der Waals surface area contributed by atoms with Crippen molar-refractivity contribution in [3.63, 3.8) is 0 Å². The molecule has 1 fully saturated rings. The number of nitrogens with zero attached hydrogens (tertiary/aromatic N) is 1. The molecule has 4 heteroatoms. The van der Waals surface area contributed by atoms with Crippen molar-refractivity contribution >= 4 is 5.97 Å². The second-order valence-corrected chi connectivity index (χ2v) is 10.1. The summed E-state index contributed by atoms with van der Waals surface area (Å²) in [5.41, 5.74) is 3.26. The van der Waals surface area contributed by atoms with Gasteiger partial charge in [-0.3, -0.25) is 9.69 Å². The van der Waals surface area contributed by atoms with Gasteiger partial charge in [-0.1, -0.05) is 44.2 Å². The van der Waals surface area contributed by atoms with Crippen molar-refractivity contribution in [1.82, 2.24) is 4.90 Å². The molecular weight excluding hydrogens is 374 g/mol. The lowest BCUT2D eigenvalue weighted by atomic mass is 9.57. The fourth-order valence-corrected chi connectivity index (χ4v) is 6.25. The second kappa shape index (κ2) is 8.47. The predicted molar refractivity (Wildman–Crippen MR) is 119 cm³/mol. The van der Waals surface area contributed by atoms with Crippen molar-refractivity contribution in [2.24, 2.45) is 23.7 Å². The normalized spacial score (nSPS) is 35.0. The summed E-state index contributed by atoms with van der Waals surface area (Å²) in [5.74, 6) is 1.05. The Labute approximate surface area is 181 Å². The average Bonchev–Trinajstić information content (AvgIpc) is 2.70. The Balaban J connectivity index is 1.50. The Hall–Kier alpha value is -1.65. The first-order valence-electron chi connectivity index (χ1n) is 11.6. The van der Waals surface area contributed by atoms with Gasteiger partial charge in [0, 0.05) is 38.9 Å². The van der Waals surface area contributed by atoms with Gasteiger partial charge < -0.3 is 9.84 Å². The Bertz CT molecular complexity index is 818. The van der Waals surface area contributed by atoms with Gasteiger partial charge in [-0.05, 0) is 60.6 Å². The summed E-state index contributed by atoms with van der Waals surface area (Å²) >= 11 is 0. The van der Waals surface area contributed by atoms with Crippen LogP contribution in [0.15, 0.2) is 35.9 Å². The maximum Gasteiger partial charge on any atom is 0.303 e. The molecule has 1 N–H and O–H groups in total. The van der Waals surface area contributed by atoms with Gasteiger partial charge in [0.15, 0.2) is 0 Å². The van der Waals surface area contributed by atoms with E-state index < -0.39 is 5.60 Å². The molecule has 3 aliphatic rings. The number of carbonyl (C=O) groups excluding carboxylic acids is 1. The summed E-state index contributed by atoms with van der Waals surface area (Å²) in [6.07, 6.45) is 5.78. The standard InChI is InChI=1S/C26H37NO3/c1-17-13-24-23(10-9-19(3)26(24,29)14-25(17)30-20(4)28)18(2)15-27-12-11-21-7-5-6-8-22(21)16-27/h5-8,13,18-19,23-25,29H,9-12,14-16H2,1-4H3/t18-,19-,23+,24-,25-,26-/m1/s1. The van der Waals surface area contributed by atoms with Gasteiger partial charge in [0.25, 0.3) is 0 Å². The highest BCUT2D eigenvalue weighted by Crippen LogP contribution is 2.51. The Kier molecular flexibility index (Phi) is 6.09. The minimum Gasteiger partial charge on any atom is -0.458 e. The molecular formula is C26H37NO3. The van der Waals surface area contributed by atoms with Crippen LogP contribution in [0.5, 0.6) is 0 Å². The van der Waals surface area contributed by atoms with Crippen LogP contribution in [0.1, 0.15) is 58.1 Å². The molecule has 1 saturated carbocycles. The number of esters is 1. The molecule has 4 nitrogen and oxygen atoms in total. The first kappa shape index (κ1) is 21.6. The summed E-state index contributed by atoms with van der Waals surface area (Å²) in [6, 6.07) is 8.80. The third kappa shape index (κ3) is 4.09. The number of carbonyl (C=O) groups is 1. The van der Waals surface area contributed by atoms with Crippen molar-refractivity contribution in [2.45, 2.75) is 71.6 Å². The van der Waals surface area contributed by atoms with E-state index in [0.29, 0.717) is 18.3 Å². The van der Waals surface area contributed by atoms with Gasteiger partial charge in [-0.25, -0.2) is 0 Å². The van der Waals surface area contributed by atoms with Crippen LogP contribution < -0.4 is 0 Å². The number of rotatable bonds is 4. The highest BCUT2D eigenvalue weighted by molar-refractivity contribution is 5.66. The molecule has 0 amide bonds. The lowest BCUT2D eigenvalue weighted by Gasteiger charge is -2.53. The SMILES string of the molecule is CC(=O)O[C@@H]1C[C@@]2(O)[C@H](C)CC[C@@H]([C@H](C)CN3CCc4ccccc4C3)[C@H]2C=C1C. The number of benzene rings is 1. The molecule has 0 unspecified atom stereocenters. The molecule has 2 aliphatic carbocycles. The van der Waals surface area contributed by atoms with Crippen LogP contribution in [0, 0.1) is 23.7 Å². The molecule has 1 aliphatic heterocycles. The van der Waals surface area contributed by atoms with E-state index in [-0.39, 0.29) is 23.9 Å². The molecule has 0 spiro atoms. The lowest BCUT2D eigenvalue weighted by molar-refractivity contribution is -0.159. The van der Waals surface area contributed by atoms with Crippen molar-refractivity contribution < 1.29 is 14.6 Å². The smallest absolute Gasteiger partial charge is 0.303 e. The minimum absolute atomic E-state index is 0.139. The molecule has 0 saturated heterocycles. The van der Waals surface area contributed by atoms with E-state index in [4.69, 9.17) is 4.74 Å². The predicted octanol–water partition coefficient (Wildman–Crippen LogP) is 4.36. The van der Waals surface area contributed by atoms with Gasteiger partial charge in [-0.15, -0.1) is 0 Å². The van der Waals surface area contributed by atoms with Crippen LogP contribution in [0.3, 0.4) is 0 Å². The van der Waals surface area contributed by atoms with Gasteiger partial charge in [0.1, 0.15) is 6.10 Å². The third-order valence-corrected chi connectivity index (χ3v) is 8.08. The summed E-state index contributed by atoms with van der Waals surface area (Å²) in [7, 11) is 0. The quantitative estimate of drug-likeness (QED) is 0.591. The number of ether oxygens (including phenoxy) is 1. The molecule has 1 heterocycles. The number of hydrogen-bond acceptors (Lipinski definition) is 4. The van der Waals surface area contributed by atoms with Crippen molar-refractivity contribution in [2.75, 3.05) is 13.1 Å². The summed E-state index contributed by atoms with van der Waals surface area (Å²) in [5, 5.41) is 11.8. The van der Waals surface area contributed by atoms with Crippen molar-refractivity contribution in [3.8, 4) is 0 Å². The second-order valence-electron chi connectivity index (χ2n) is 10.1.